The molecule has 4 heterocycles. The summed E-state index contributed by atoms with van der Waals surface area (Å²) in [5.41, 5.74) is 2.76. The van der Waals surface area contributed by atoms with Gasteiger partial charge in [-0.05, 0) is 44.2 Å². The molecule has 1 aromatic rings. The quantitative estimate of drug-likeness (QED) is 0.922. The Labute approximate surface area is 144 Å². The van der Waals surface area contributed by atoms with Gasteiger partial charge in [0.1, 0.15) is 0 Å². The number of carbonyl (C=O) groups excluding carboxylic acids is 1. The van der Waals surface area contributed by atoms with E-state index >= 15 is 0 Å². The maximum atomic E-state index is 11.2. The van der Waals surface area contributed by atoms with Gasteiger partial charge in [0, 0.05) is 50.6 Å². The number of hydrogen-bond acceptors (Lipinski definition) is 3. The van der Waals surface area contributed by atoms with E-state index in [2.05, 4.69) is 28.0 Å². The van der Waals surface area contributed by atoms with E-state index in [1.54, 1.807) is 6.92 Å². The van der Waals surface area contributed by atoms with Gasteiger partial charge in [0.05, 0.1) is 5.69 Å². The van der Waals surface area contributed by atoms with E-state index in [1.807, 2.05) is 0 Å². The van der Waals surface area contributed by atoms with Gasteiger partial charge >= 0.3 is 0 Å². The Kier molecular flexibility index (Phi) is 4.37. The summed E-state index contributed by atoms with van der Waals surface area (Å²) < 4.78 is 2.16. The lowest BCUT2D eigenvalue weighted by Crippen LogP contribution is -2.56. The summed E-state index contributed by atoms with van der Waals surface area (Å²) in [5.74, 6) is 2.13. The first-order chi connectivity index (χ1) is 11.6. The lowest BCUT2D eigenvalue weighted by molar-refractivity contribution is -0.119. The summed E-state index contributed by atoms with van der Waals surface area (Å²) >= 11 is 0. The summed E-state index contributed by atoms with van der Waals surface area (Å²) in [6, 6.07) is 2.93. The van der Waals surface area contributed by atoms with Crippen molar-refractivity contribution in [2.45, 2.75) is 63.3 Å². The second-order valence-corrected chi connectivity index (χ2v) is 8.08. The van der Waals surface area contributed by atoms with E-state index < -0.39 is 0 Å². The zero-order chi connectivity index (χ0) is 16.7. The Hall–Kier alpha value is -1.36. The lowest BCUT2D eigenvalue weighted by atomic mass is 9.74. The van der Waals surface area contributed by atoms with Crippen molar-refractivity contribution in [3.63, 3.8) is 0 Å². The molecule has 5 heteroatoms. The highest BCUT2D eigenvalue weighted by molar-refractivity contribution is 5.72. The molecule has 4 aliphatic rings. The number of hydrogen-bond donors (Lipinski definition) is 1. The zero-order valence-electron chi connectivity index (χ0n) is 15.0. The Balaban J connectivity index is 1.47. The fraction of sp³-hybridized carbons (Fsp3) is 0.789. The van der Waals surface area contributed by atoms with Crippen LogP contribution >= 0.6 is 0 Å². The number of aromatic nitrogens is 2. The molecule has 3 aliphatic heterocycles. The molecular weight excluding hydrogens is 300 g/mol. The summed E-state index contributed by atoms with van der Waals surface area (Å²) in [6.07, 6.45) is 7.84. The van der Waals surface area contributed by atoms with Crippen LogP contribution in [0.4, 0.5) is 0 Å². The predicted octanol–water partition coefficient (Wildman–Crippen LogP) is 2.39. The van der Waals surface area contributed by atoms with Gasteiger partial charge in [-0.2, -0.15) is 5.10 Å². The van der Waals surface area contributed by atoms with Crippen molar-refractivity contribution >= 4 is 5.91 Å². The van der Waals surface area contributed by atoms with Crippen molar-refractivity contribution in [2.24, 2.45) is 13.0 Å². The molecule has 1 saturated carbocycles. The topological polar surface area (TPSA) is 50.2 Å². The van der Waals surface area contributed by atoms with Crippen LogP contribution in [0.5, 0.6) is 0 Å². The molecule has 1 aliphatic carbocycles. The third kappa shape index (κ3) is 2.99. The number of piperidine rings is 3. The molecule has 4 unspecified atom stereocenters. The number of nitrogens with one attached hydrogen (secondary N) is 1. The fourth-order valence-corrected chi connectivity index (χ4v) is 5.22. The van der Waals surface area contributed by atoms with E-state index in [1.165, 1.54) is 56.5 Å². The maximum Gasteiger partial charge on any atom is 0.216 e. The third-order valence-corrected chi connectivity index (χ3v) is 6.55. The van der Waals surface area contributed by atoms with Gasteiger partial charge in [-0.15, -0.1) is 0 Å². The standard InChI is InChI=1S/C19H30N4O/c1-13(24)20-11-16-9-15-7-8-23(16)12-17(15)19-10-18(21-22(19)2)14-5-3-4-6-14/h10,14-17H,3-9,11-12H2,1-2H3,(H,20,24). The second kappa shape index (κ2) is 6.51. The van der Waals surface area contributed by atoms with Gasteiger partial charge in [-0.3, -0.25) is 14.4 Å². The van der Waals surface area contributed by atoms with Crippen molar-refractivity contribution in [3.05, 3.63) is 17.5 Å². The van der Waals surface area contributed by atoms with Crippen LogP contribution in [-0.2, 0) is 11.8 Å². The molecule has 0 radical (unpaired) electrons. The van der Waals surface area contributed by atoms with Gasteiger partial charge in [0.15, 0.2) is 0 Å². The highest BCUT2D eigenvalue weighted by Crippen LogP contribution is 2.43. The molecule has 2 bridgehead atoms. The average Bonchev–Trinajstić information content (AvgIpc) is 3.22. The first-order valence-electron chi connectivity index (χ1n) is 9.64. The van der Waals surface area contributed by atoms with Gasteiger partial charge in [0.2, 0.25) is 5.91 Å². The molecule has 1 amide bonds. The Bertz CT molecular complexity index is 605. The summed E-state index contributed by atoms with van der Waals surface area (Å²) in [4.78, 5) is 13.8. The highest BCUT2D eigenvalue weighted by Gasteiger charge is 2.42. The Morgan fingerprint density at radius 2 is 2.12 bits per heavy atom. The molecule has 24 heavy (non-hydrogen) atoms. The monoisotopic (exact) mass is 330 g/mol. The average molecular weight is 330 g/mol. The van der Waals surface area contributed by atoms with Crippen LogP contribution in [-0.4, -0.2) is 46.3 Å². The minimum atomic E-state index is 0.0852. The van der Waals surface area contributed by atoms with Crippen molar-refractivity contribution in [1.29, 1.82) is 0 Å². The lowest BCUT2D eigenvalue weighted by Gasteiger charge is -2.49. The zero-order valence-corrected chi connectivity index (χ0v) is 15.0. The fourth-order valence-electron chi connectivity index (χ4n) is 5.22. The molecule has 0 spiro atoms. The molecule has 4 atom stereocenters. The van der Waals surface area contributed by atoms with E-state index in [0.717, 1.165) is 19.0 Å². The van der Waals surface area contributed by atoms with Crippen molar-refractivity contribution in [1.82, 2.24) is 20.0 Å². The van der Waals surface area contributed by atoms with Crippen molar-refractivity contribution in [2.75, 3.05) is 19.6 Å². The van der Waals surface area contributed by atoms with Gasteiger partial charge < -0.3 is 5.32 Å². The Morgan fingerprint density at radius 3 is 2.79 bits per heavy atom. The van der Waals surface area contributed by atoms with Gasteiger partial charge in [-0.25, -0.2) is 0 Å². The molecule has 0 aromatic carbocycles. The van der Waals surface area contributed by atoms with Crippen LogP contribution in [0.15, 0.2) is 6.07 Å². The van der Waals surface area contributed by atoms with Crippen LogP contribution in [0.2, 0.25) is 0 Å². The normalized spacial score (nSPS) is 33.1. The molecule has 132 valence electrons. The second-order valence-electron chi connectivity index (χ2n) is 8.08. The predicted molar refractivity (Wildman–Crippen MR) is 93.9 cm³/mol. The minimum Gasteiger partial charge on any atom is -0.355 e. The van der Waals surface area contributed by atoms with Crippen LogP contribution < -0.4 is 5.32 Å². The number of rotatable bonds is 4. The van der Waals surface area contributed by atoms with Crippen LogP contribution in [0.1, 0.15) is 68.7 Å². The Morgan fingerprint density at radius 1 is 1.33 bits per heavy atom. The summed E-state index contributed by atoms with van der Waals surface area (Å²) in [6.45, 7) is 4.72. The molecule has 5 nitrogen and oxygen atoms in total. The first-order valence-corrected chi connectivity index (χ1v) is 9.64. The number of aryl methyl sites for hydroxylation is 1. The number of fused-ring (bicyclic) bond motifs is 3. The van der Waals surface area contributed by atoms with Crippen LogP contribution in [0.3, 0.4) is 0 Å². The molecule has 1 N–H and O–H groups in total. The van der Waals surface area contributed by atoms with E-state index in [9.17, 15) is 4.79 Å². The maximum absolute atomic E-state index is 11.2. The van der Waals surface area contributed by atoms with Crippen molar-refractivity contribution in [3.8, 4) is 0 Å². The third-order valence-electron chi connectivity index (χ3n) is 6.55. The van der Waals surface area contributed by atoms with Gasteiger partial charge in [-0.1, -0.05) is 12.8 Å². The molecule has 1 aromatic heterocycles. The smallest absolute Gasteiger partial charge is 0.216 e. The van der Waals surface area contributed by atoms with Gasteiger partial charge in [0.25, 0.3) is 0 Å². The molecular formula is C19H30N4O. The molecule has 4 fully saturated rings. The molecule has 3 saturated heterocycles. The molecule has 5 rings (SSSR count). The first kappa shape index (κ1) is 16.1. The van der Waals surface area contributed by atoms with Crippen LogP contribution in [0.25, 0.3) is 0 Å². The number of carbonyl (C=O) groups is 1. The van der Waals surface area contributed by atoms with E-state index in [4.69, 9.17) is 5.10 Å². The van der Waals surface area contributed by atoms with Crippen molar-refractivity contribution < 1.29 is 4.79 Å². The SMILES string of the molecule is CC(=O)NCC1CC2CCN1CC2c1cc(C2CCCC2)nn1C. The minimum absolute atomic E-state index is 0.0852. The summed E-state index contributed by atoms with van der Waals surface area (Å²) in [7, 11) is 2.13. The highest BCUT2D eigenvalue weighted by atomic mass is 16.1. The number of amides is 1. The van der Waals surface area contributed by atoms with Crippen LogP contribution in [0, 0.1) is 5.92 Å². The number of nitrogens with zero attached hydrogens (tertiary/aromatic N) is 3. The van der Waals surface area contributed by atoms with E-state index in [0.29, 0.717) is 17.9 Å². The largest absolute Gasteiger partial charge is 0.355 e. The van der Waals surface area contributed by atoms with E-state index in [-0.39, 0.29) is 5.91 Å². The summed E-state index contributed by atoms with van der Waals surface area (Å²) in [5, 5.41) is 7.88.